The van der Waals surface area contributed by atoms with Crippen LogP contribution < -0.4 is 14.4 Å². The lowest BCUT2D eigenvalue weighted by Crippen LogP contribution is -2.48. The first-order valence-electron chi connectivity index (χ1n) is 7.95. The normalized spacial score (nSPS) is 16.0. The Labute approximate surface area is 179 Å². The van der Waals surface area contributed by atoms with Crippen molar-refractivity contribution in [1.82, 2.24) is 10.2 Å². The number of rotatable bonds is 6. The monoisotopic (exact) mass is 478 g/mol. The number of benzene rings is 1. The quantitative estimate of drug-likeness (QED) is 0.374. The molecule has 1 atom stereocenters. The maximum Gasteiger partial charge on any atom is 0.316 e. The molecular formula is C15H15ClN4O6S3. The number of anilines is 2. The van der Waals surface area contributed by atoms with Crippen LogP contribution in [0.3, 0.4) is 0 Å². The summed E-state index contributed by atoms with van der Waals surface area (Å²) in [6.07, 6.45) is -0.0680. The van der Waals surface area contributed by atoms with E-state index in [0.29, 0.717) is 9.36 Å². The summed E-state index contributed by atoms with van der Waals surface area (Å²) in [5, 5.41) is 10.8. The number of methoxy groups -OCH3 is 1. The van der Waals surface area contributed by atoms with Crippen LogP contribution in [-0.2, 0) is 24.3 Å². The van der Waals surface area contributed by atoms with E-state index < -0.39 is 28.0 Å². The predicted molar refractivity (Wildman–Crippen MR) is 109 cm³/mol. The van der Waals surface area contributed by atoms with E-state index in [1.54, 1.807) is 0 Å². The minimum atomic E-state index is -3.67. The number of amides is 1. The zero-order valence-corrected chi connectivity index (χ0v) is 18.3. The molecular weight excluding hydrogens is 464 g/mol. The third kappa shape index (κ3) is 5.29. The number of hydrogen-bond donors (Lipinski definition) is 1. The molecule has 0 aliphatic carbocycles. The molecule has 1 aromatic carbocycles. The maximum atomic E-state index is 12.6. The highest BCUT2D eigenvalue weighted by molar-refractivity contribution is 8.01. The number of esters is 1. The fraction of sp³-hybridized carbons (Fsp3) is 0.333. The summed E-state index contributed by atoms with van der Waals surface area (Å²) < 4.78 is 36.1. The van der Waals surface area contributed by atoms with E-state index in [1.165, 1.54) is 25.3 Å². The third-order valence-corrected chi connectivity index (χ3v) is 6.99. The van der Waals surface area contributed by atoms with Crippen LogP contribution in [0.5, 0.6) is 5.75 Å². The molecule has 1 N–H and O–H groups in total. The Hall–Kier alpha value is -2.09. The molecule has 14 heteroatoms. The van der Waals surface area contributed by atoms with Crippen LogP contribution in [0.15, 0.2) is 22.5 Å². The van der Waals surface area contributed by atoms with Crippen molar-refractivity contribution in [3.63, 3.8) is 0 Å². The Balaban J connectivity index is 1.72. The number of carbonyl (C=O) groups excluding carboxylic acids is 2. The van der Waals surface area contributed by atoms with Gasteiger partial charge in [0, 0.05) is 5.02 Å². The predicted octanol–water partition coefficient (Wildman–Crippen LogP) is 1.62. The van der Waals surface area contributed by atoms with Crippen LogP contribution in [0.25, 0.3) is 0 Å². The van der Waals surface area contributed by atoms with Crippen molar-refractivity contribution in [3.05, 3.63) is 23.2 Å². The van der Waals surface area contributed by atoms with Gasteiger partial charge in [-0.25, -0.2) is 8.42 Å². The van der Waals surface area contributed by atoms with Gasteiger partial charge in [-0.05, 0) is 18.2 Å². The van der Waals surface area contributed by atoms with Crippen LogP contribution >= 0.6 is 34.7 Å². The van der Waals surface area contributed by atoms with Gasteiger partial charge in [-0.15, -0.1) is 10.2 Å². The summed E-state index contributed by atoms with van der Waals surface area (Å²) in [6, 6.07) is 4.50. The number of aromatic nitrogens is 2. The number of hydrogen-bond acceptors (Lipinski definition) is 10. The fourth-order valence-electron chi connectivity index (χ4n) is 2.36. The number of fused-ring (bicyclic) bond motifs is 1. The highest BCUT2D eigenvalue weighted by Gasteiger charge is 2.35. The molecule has 0 radical (unpaired) electrons. The first kappa shape index (κ1) is 21.6. The van der Waals surface area contributed by atoms with Gasteiger partial charge in [-0.2, -0.15) is 0 Å². The van der Waals surface area contributed by atoms with Crippen molar-refractivity contribution in [2.45, 2.75) is 10.4 Å². The summed E-state index contributed by atoms with van der Waals surface area (Å²) >= 11 is 8.14. The Morgan fingerprint density at radius 2 is 2.21 bits per heavy atom. The zero-order chi connectivity index (χ0) is 21.2. The summed E-state index contributed by atoms with van der Waals surface area (Å²) in [7, 11) is -2.38. The van der Waals surface area contributed by atoms with Crippen LogP contribution in [0.2, 0.25) is 5.02 Å². The Morgan fingerprint density at radius 1 is 1.45 bits per heavy atom. The molecule has 3 rings (SSSR count). The second kappa shape index (κ2) is 8.73. The Bertz CT molecular complexity index is 1040. The maximum absolute atomic E-state index is 12.6. The van der Waals surface area contributed by atoms with E-state index in [4.69, 9.17) is 16.3 Å². The van der Waals surface area contributed by atoms with Crippen LogP contribution in [0.4, 0.5) is 10.8 Å². The topological polar surface area (TPSA) is 128 Å². The van der Waals surface area contributed by atoms with Gasteiger partial charge in [0.05, 0.1) is 31.4 Å². The molecule has 0 unspecified atom stereocenters. The molecule has 0 spiro atoms. The van der Waals surface area contributed by atoms with Gasteiger partial charge < -0.3 is 9.47 Å². The van der Waals surface area contributed by atoms with E-state index in [9.17, 15) is 18.0 Å². The summed E-state index contributed by atoms with van der Waals surface area (Å²) in [4.78, 5) is 23.8. The van der Waals surface area contributed by atoms with E-state index in [0.717, 1.165) is 33.7 Å². The Kier molecular flexibility index (Phi) is 6.51. The second-order valence-electron chi connectivity index (χ2n) is 5.74. The van der Waals surface area contributed by atoms with Crippen LogP contribution in [0, 0.1) is 0 Å². The number of halogens is 1. The van der Waals surface area contributed by atoms with E-state index in [-0.39, 0.29) is 28.9 Å². The molecule has 0 saturated carbocycles. The number of sulfonamides is 1. The van der Waals surface area contributed by atoms with Gasteiger partial charge in [0.15, 0.2) is 10.4 Å². The van der Waals surface area contributed by atoms with Crippen molar-refractivity contribution in [2.24, 2.45) is 0 Å². The molecule has 0 bridgehead atoms. The average molecular weight is 479 g/mol. The smallest absolute Gasteiger partial charge is 0.316 e. The molecule has 1 amide bonds. The lowest BCUT2D eigenvalue weighted by Gasteiger charge is -2.33. The van der Waals surface area contributed by atoms with Crippen LogP contribution in [-0.4, -0.2) is 62.3 Å². The average Bonchev–Trinajstić information content (AvgIpc) is 3.11. The van der Waals surface area contributed by atoms with Gasteiger partial charge in [-0.3, -0.25) is 19.2 Å². The van der Waals surface area contributed by atoms with Crippen molar-refractivity contribution >= 4 is 67.4 Å². The molecule has 1 aliphatic rings. The van der Waals surface area contributed by atoms with Crippen molar-refractivity contribution < 1.29 is 27.5 Å². The third-order valence-electron chi connectivity index (χ3n) is 3.66. The molecule has 10 nitrogen and oxygen atoms in total. The highest BCUT2D eigenvalue weighted by Crippen LogP contribution is 2.37. The number of nitrogens with one attached hydrogen (secondary N) is 1. The molecule has 1 aromatic heterocycles. The molecule has 1 aliphatic heterocycles. The highest BCUT2D eigenvalue weighted by atomic mass is 35.5. The molecule has 0 fully saturated rings. The van der Waals surface area contributed by atoms with Gasteiger partial charge >= 0.3 is 5.97 Å². The summed E-state index contributed by atoms with van der Waals surface area (Å²) in [6.45, 7) is -0.221. The van der Waals surface area contributed by atoms with Gasteiger partial charge in [0.25, 0.3) is 5.91 Å². The minimum Gasteiger partial charge on any atom is -0.476 e. The first-order chi connectivity index (χ1) is 13.7. The summed E-state index contributed by atoms with van der Waals surface area (Å²) in [5.74, 6) is -0.711. The van der Waals surface area contributed by atoms with Crippen molar-refractivity contribution in [2.75, 3.05) is 35.3 Å². The molecule has 2 heterocycles. The molecule has 29 heavy (non-hydrogen) atoms. The van der Waals surface area contributed by atoms with Crippen LogP contribution in [0.1, 0.15) is 0 Å². The fourth-order valence-corrected chi connectivity index (χ4v) is 5.02. The lowest BCUT2D eigenvalue weighted by molar-refractivity contribution is -0.137. The minimum absolute atomic E-state index is 0.0630. The number of nitrogens with zero attached hydrogens (tertiary/aromatic N) is 3. The molecule has 156 valence electrons. The van der Waals surface area contributed by atoms with E-state index >= 15 is 0 Å². The van der Waals surface area contributed by atoms with Gasteiger partial charge in [0.1, 0.15) is 5.75 Å². The molecule has 0 saturated heterocycles. The molecule has 2 aromatic rings. The van der Waals surface area contributed by atoms with Gasteiger partial charge in [0.2, 0.25) is 15.2 Å². The zero-order valence-electron chi connectivity index (χ0n) is 15.1. The van der Waals surface area contributed by atoms with E-state index in [1.807, 2.05) is 0 Å². The van der Waals surface area contributed by atoms with Crippen molar-refractivity contribution in [1.29, 1.82) is 0 Å². The number of ether oxygens (including phenoxy) is 2. The number of carbonyl (C=O) groups is 2. The van der Waals surface area contributed by atoms with Crippen molar-refractivity contribution in [3.8, 4) is 5.75 Å². The first-order valence-corrected chi connectivity index (χ1v) is 12.0. The lowest BCUT2D eigenvalue weighted by atomic mass is 10.2. The second-order valence-corrected chi connectivity index (χ2v) is 10.3. The van der Waals surface area contributed by atoms with Gasteiger partial charge in [-0.1, -0.05) is 34.7 Å². The SMILES string of the molecule is COC(=O)CSc1nnc(NC(=O)[C@H]2CN(S(C)(=O)=O)c3cc(Cl)ccc3O2)s1. The summed E-state index contributed by atoms with van der Waals surface area (Å²) in [5.41, 5.74) is 0.265. The standard InChI is InChI=1S/C15H15ClN4O6S3/c1-25-12(21)7-27-15-19-18-14(28-15)17-13(22)11-6-20(29(2,23)24)9-5-8(16)3-4-10(9)26-11/h3-5,11H,6-7H2,1-2H3,(H,17,18,22)/t11-/m1/s1. The Morgan fingerprint density at radius 3 is 2.90 bits per heavy atom. The number of thioether (sulfide) groups is 1. The largest absolute Gasteiger partial charge is 0.476 e. The van der Waals surface area contributed by atoms with E-state index in [2.05, 4.69) is 20.3 Å².